The number of aliphatic hydroxyl groups is 1. The normalized spacial score (nSPS) is 14.0. The summed E-state index contributed by atoms with van der Waals surface area (Å²) in [7, 11) is -9.91. The van der Waals surface area contributed by atoms with Crippen LogP contribution in [0.3, 0.4) is 0 Å². The van der Waals surface area contributed by atoms with Crippen molar-refractivity contribution in [2.24, 2.45) is 11.8 Å². The Labute approximate surface area is 588 Å². The van der Waals surface area contributed by atoms with E-state index >= 15 is 0 Å². The maximum atomic E-state index is 13.1. The fourth-order valence-electron chi connectivity index (χ4n) is 11.8. The Balaban J connectivity index is 5.18. The van der Waals surface area contributed by atoms with Gasteiger partial charge in [-0.15, -0.1) is 0 Å². The molecule has 0 radical (unpaired) electrons. The standard InChI is InChI=1S/C77H150O17P2/c1-7-9-11-13-15-16-17-18-19-20-21-22-23-24-25-32-37-43-49-55-61-76(81)94-73(66-88-75(80)60-54-48-42-36-31-27-26-29-34-40-45-51-57-69(3)4)68-92-96(85,86)90-64-71(78)63-89-95(83,84)91-67-72(65-87-74(79)59-53-47-39-14-12-10-8-2)93-77(82)62-56-50-44-38-33-28-30-35-41-46-52-58-70(5)6/h69-73,78H,7-68H2,1-6H3,(H,83,84)(H,85,86)/t71-,72+,73+/m0/s1. The van der Waals surface area contributed by atoms with Crippen LogP contribution in [0.15, 0.2) is 0 Å². The van der Waals surface area contributed by atoms with E-state index in [-0.39, 0.29) is 25.7 Å². The molecule has 0 heterocycles. The molecule has 17 nitrogen and oxygen atoms in total. The van der Waals surface area contributed by atoms with Crippen LogP contribution in [0.1, 0.15) is 401 Å². The van der Waals surface area contributed by atoms with E-state index in [1.807, 2.05) is 0 Å². The van der Waals surface area contributed by atoms with Gasteiger partial charge in [-0.05, 0) is 37.5 Å². The van der Waals surface area contributed by atoms with Crippen LogP contribution in [0.4, 0.5) is 0 Å². The van der Waals surface area contributed by atoms with E-state index in [4.69, 9.17) is 37.0 Å². The van der Waals surface area contributed by atoms with Crippen LogP contribution in [0.5, 0.6) is 0 Å². The van der Waals surface area contributed by atoms with Gasteiger partial charge in [-0.3, -0.25) is 37.3 Å². The highest BCUT2D eigenvalue weighted by Crippen LogP contribution is 2.45. The van der Waals surface area contributed by atoms with Gasteiger partial charge in [0.1, 0.15) is 19.3 Å². The third-order valence-corrected chi connectivity index (χ3v) is 19.9. The van der Waals surface area contributed by atoms with Crippen LogP contribution >= 0.6 is 15.6 Å². The van der Waals surface area contributed by atoms with Gasteiger partial charge in [0.25, 0.3) is 0 Å². The fourth-order valence-corrected chi connectivity index (χ4v) is 13.4. The molecule has 5 atom stereocenters. The molecule has 0 aliphatic heterocycles. The number of unbranched alkanes of at least 4 members (excludes halogenated alkanes) is 46. The summed E-state index contributed by atoms with van der Waals surface area (Å²) in [6, 6.07) is 0. The first-order valence-electron chi connectivity index (χ1n) is 40.0. The first-order chi connectivity index (χ1) is 46.4. The van der Waals surface area contributed by atoms with Gasteiger partial charge in [-0.25, -0.2) is 9.13 Å². The number of carbonyl (C=O) groups excluding carboxylic acids is 4. The van der Waals surface area contributed by atoms with E-state index < -0.39 is 97.5 Å². The Morgan fingerprint density at radius 2 is 0.479 bits per heavy atom. The first kappa shape index (κ1) is 94.1. The van der Waals surface area contributed by atoms with E-state index in [1.54, 1.807) is 0 Å². The largest absolute Gasteiger partial charge is 0.472 e. The molecule has 3 N–H and O–H groups in total. The molecule has 0 aromatic rings. The van der Waals surface area contributed by atoms with Crippen molar-refractivity contribution >= 4 is 39.5 Å². The molecule has 0 bridgehead atoms. The molecule has 0 spiro atoms. The Bertz CT molecular complexity index is 1860. The summed E-state index contributed by atoms with van der Waals surface area (Å²) >= 11 is 0. The van der Waals surface area contributed by atoms with E-state index in [0.29, 0.717) is 25.7 Å². The van der Waals surface area contributed by atoms with Gasteiger partial charge in [0, 0.05) is 25.7 Å². The van der Waals surface area contributed by atoms with Crippen molar-refractivity contribution in [2.45, 2.75) is 419 Å². The molecule has 96 heavy (non-hydrogen) atoms. The summed E-state index contributed by atoms with van der Waals surface area (Å²) in [5.74, 6) is -0.572. The van der Waals surface area contributed by atoms with Crippen LogP contribution in [-0.4, -0.2) is 96.7 Å². The number of aliphatic hydroxyl groups excluding tert-OH is 1. The zero-order valence-corrected chi connectivity index (χ0v) is 64.5. The Morgan fingerprint density at radius 3 is 0.708 bits per heavy atom. The lowest BCUT2D eigenvalue weighted by Crippen LogP contribution is -2.30. The fraction of sp³-hybridized carbons (Fsp3) is 0.948. The predicted molar refractivity (Wildman–Crippen MR) is 391 cm³/mol. The van der Waals surface area contributed by atoms with Crippen LogP contribution in [0.2, 0.25) is 0 Å². The highest BCUT2D eigenvalue weighted by atomic mass is 31.2. The molecule has 0 saturated carbocycles. The van der Waals surface area contributed by atoms with Gasteiger partial charge in [0.05, 0.1) is 26.4 Å². The van der Waals surface area contributed by atoms with Crippen LogP contribution in [-0.2, 0) is 65.4 Å². The number of hydrogen-bond acceptors (Lipinski definition) is 15. The maximum Gasteiger partial charge on any atom is 0.472 e. The molecular weight excluding hydrogens is 1260 g/mol. The number of carbonyl (C=O) groups is 4. The van der Waals surface area contributed by atoms with Crippen LogP contribution in [0.25, 0.3) is 0 Å². The minimum atomic E-state index is -4.96. The molecule has 0 aliphatic rings. The molecule has 0 fully saturated rings. The monoisotopic (exact) mass is 1410 g/mol. The second-order valence-corrected chi connectivity index (χ2v) is 31.6. The van der Waals surface area contributed by atoms with E-state index in [1.165, 1.54) is 205 Å². The summed E-state index contributed by atoms with van der Waals surface area (Å²) in [6.45, 7) is 9.57. The number of hydrogen-bond donors (Lipinski definition) is 3. The number of phosphoric ester groups is 2. The Hall–Kier alpha value is -1.94. The summed E-state index contributed by atoms with van der Waals surface area (Å²) in [4.78, 5) is 72.7. The molecule has 0 aromatic heterocycles. The maximum absolute atomic E-state index is 13.1. The van der Waals surface area contributed by atoms with Gasteiger partial charge < -0.3 is 33.8 Å². The minimum Gasteiger partial charge on any atom is -0.462 e. The third kappa shape index (κ3) is 70.5. The van der Waals surface area contributed by atoms with Gasteiger partial charge in [0.15, 0.2) is 12.2 Å². The van der Waals surface area contributed by atoms with Crippen LogP contribution < -0.4 is 0 Å². The van der Waals surface area contributed by atoms with E-state index in [0.717, 1.165) is 115 Å². The molecule has 570 valence electrons. The van der Waals surface area contributed by atoms with Crippen LogP contribution in [0, 0.1) is 11.8 Å². The summed E-state index contributed by atoms with van der Waals surface area (Å²) < 4.78 is 68.5. The molecule has 0 saturated heterocycles. The molecular formula is C77H150O17P2. The lowest BCUT2D eigenvalue weighted by molar-refractivity contribution is -0.161. The van der Waals surface area contributed by atoms with Crippen molar-refractivity contribution < 1.29 is 80.2 Å². The smallest absolute Gasteiger partial charge is 0.462 e. The topological polar surface area (TPSA) is 237 Å². The summed E-state index contributed by atoms with van der Waals surface area (Å²) in [5, 5.41) is 10.6. The Morgan fingerprint density at radius 1 is 0.281 bits per heavy atom. The zero-order valence-electron chi connectivity index (χ0n) is 62.7. The predicted octanol–water partition coefficient (Wildman–Crippen LogP) is 22.7. The third-order valence-electron chi connectivity index (χ3n) is 18.0. The first-order valence-corrected chi connectivity index (χ1v) is 43.0. The molecule has 0 rings (SSSR count). The van der Waals surface area contributed by atoms with Gasteiger partial charge in [-0.2, -0.15) is 0 Å². The van der Waals surface area contributed by atoms with Crippen molar-refractivity contribution in [3.05, 3.63) is 0 Å². The lowest BCUT2D eigenvalue weighted by atomic mass is 10.0. The number of phosphoric acid groups is 2. The van der Waals surface area contributed by atoms with Gasteiger partial charge in [-0.1, -0.05) is 350 Å². The van der Waals surface area contributed by atoms with Crippen molar-refractivity contribution in [3.63, 3.8) is 0 Å². The molecule has 0 amide bonds. The van der Waals surface area contributed by atoms with E-state index in [2.05, 4.69) is 41.5 Å². The van der Waals surface area contributed by atoms with E-state index in [9.17, 15) is 43.2 Å². The average Bonchev–Trinajstić information content (AvgIpc) is 1.56. The quantitative estimate of drug-likeness (QED) is 0.0222. The number of esters is 4. The van der Waals surface area contributed by atoms with Crippen molar-refractivity contribution in [1.82, 2.24) is 0 Å². The highest BCUT2D eigenvalue weighted by Gasteiger charge is 2.30. The summed E-state index contributed by atoms with van der Waals surface area (Å²) in [6.07, 6.45) is 57.1. The Kier molecular flexibility index (Phi) is 67.4. The molecule has 2 unspecified atom stereocenters. The average molecular weight is 1410 g/mol. The highest BCUT2D eigenvalue weighted by molar-refractivity contribution is 7.47. The van der Waals surface area contributed by atoms with Crippen molar-refractivity contribution in [3.8, 4) is 0 Å². The van der Waals surface area contributed by atoms with Crippen molar-refractivity contribution in [1.29, 1.82) is 0 Å². The summed E-state index contributed by atoms with van der Waals surface area (Å²) in [5.41, 5.74) is 0. The van der Waals surface area contributed by atoms with Gasteiger partial charge >= 0.3 is 39.5 Å². The van der Waals surface area contributed by atoms with Crippen molar-refractivity contribution in [2.75, 3.05) is 39.6 Å². The minimum absolute atomic E-state index is 0.106. The SMILES string of the molecule is CCCCCCCCCCCCCCCCCCCCCCC(=O)O[C@H](COC(=O)CCCCCCCCCCCCCCC(C)C)COP(=O)(O)OC[C@@H](O)COP(=O)(O)OC[C@@H](COC(=O)CCCCCCCCC)OC(=O)CCCCCCCCCCCCCC(C)C. The second kappa shape index (κ2) is 68.8. The second-order valence-electron chi connectivity index (χ2n) is 28.7. The zero-order chi connectivity index (χ0) is 70.7. The lowest BCUT2D eigenvalue weighted by Gasteiger charge is -2.21. The van der Waals surface area contributed by atoms with Gasteiger partial charge in [0.2, 0.25) is 0 Å². The molecule has 0 aromatic carbocycles. The number of ether oxygens (including phenoxy) is 4. The molecule has 0 aliphatic carbocycles. The number of rotatable bonds is 76. The molecule has 19 heteroatoms.